The lowest BCUT2D eigenvalue weighted by molar-refractivity contribution is 0.0956. The third-order valence-electron chi connectivity index (χ3n) is 4.60. The van der Waals surface area contributed by atoms with E-state index in [1.165, 1.54) is 24.8 Å². The topological polar surface area (TPSA) is 40.8 Å². The molecule has 1 aliphatic rings. The number of aliphatic hydroxyl groups is 1. The summed E-state index contributed by atoms with van der Waals surface area (Å²) in [5.74, 6) is 0. The molecule has 3 rings (SSSR count). The van der Waals surface area contributed by atoms with Crippen LogP contribution in [0.15, 0.2) is 24.5 Å². The molecule has 1 aliphatic heterocycles. The van der Waals surface area contributed by atoms with Gasteiger partial charge in [0.15, 0.2) is 0 Å². The minimum absolute atomic E-state index is 0.0472. The maximum Gasteiger partial charge on any atom is 0.0761 e. The summed E-state index contributed by atoms with van der Waals surface area (Å²) in [5, 5.41) is 13.8. The molecule has 0 aromatic carbocycles. The van der Waals surface area contributed by atoms with Crippen LogP contribution in [0.25, 0.3) is 5.52 Å². The molecular formula is C16H23N3O. The van der Waals surface area contributed by atoms with Crippen LogP contribution >= 0.6 is 0 Å². The molecule has 20 heavy (non-hydrogen) atoms. The van der Waals surface area contributed by atoms with Crippen molar-refractivity contribution in [2.45, 2.75) is 58.3 Å². The highest BCUT2D eigenvalue weighted by Gasteiger charge is 2.25. The molecule has 2 unspecified atom stereocenters. The van der Waals surface area contributed by atoms with Gasteiger partial charge >= 0.3 is 0 Å². The summed E-state index contributed by atoms with van der Waals surface area (Å²) in [7, 11) is 0. The number of rotatable bonds is 3. The lowest BCUT2D eigenvalue weighted by Crippen LogP contribution is -2.43. The van der Waals surface area contributed by atoms with Gasteiger partial charge < -0.3 is 5.11 Å². The van der Waals surface area contributed by atoms with E-state index in [0.29, 0.717) is 12.1 Å². The first-order valence-electron chi connectivity index (χ1n) is 7.51. The van der Waals surface area contributed by atoms with Gasteiger partial charge in [0.2, 0.25) is 0 Å². The maximum absolute atomic E-state index is 9.49. The van der Waals surface area contributed by atoms with Gasteiger partial charge in [0.1, 0.15) is 0 Å². The highest BCUT2D eigenvalue weighted by Crippen LogP contribution is 2.26. The average Bonchev–Trinajstić information content (AvgIpc) is 2.87. The van der Waals surface area contributed by atoms with E-state index in [1.54, 1.807) is 6.20 Å². The molecule has 1 N–H and O–H groups in total. The van der Waals surface area contributed by atoms with Crippen molar-refractivity contribution >= 4 is 5.52 Å². The predicted octanol–water partition coefficient (Wildman–Crippen LogP) is 2.59. The summed E-state index contributed by atoms with van der Waals surface area (Å²) in [6.45, 7) is 5.62. The average molecular weight is 273 g/mol. The first-order chi connectivity index (χ1) is 9.70. The van der Waals surface area contributed by atoms with Gasteiger partial charge in [0.05, 0.1) is 18.3 Å². The number of aliphatic hydroxyl groups excluding tert-OH is 1. The van der Waals surface area contributed by atoms with Gasteiger partial charge in [0.25, 0.3) is 0 Å². The van der Waals surface area contributed by atoms with E-state index in [0.717, 1.165) is 17.6 Å². The normalized spacial score (nSPS) is 24.4. The Kier molecular flexibility index (Phi) is 3.76. The fourth-order valence-electron chi connectivity index (χ4n) is 3.41. The second kappa shape index (κ2) is 5.54. The summed E-state index contributed by atoms with van der Waals surface area (Å²) >= 11 is 0. The van der Waals surface area contributed by atoms with Crippen molar-refractivity contribution in [2.75, 3.05) is 0 Å². The van der Waals surface area contributed by atoms with Crippen molar-refractivity contribution in [3.8, 4) is 0 Å². The Morgan fingerprint density at radius 1 is 1.25 bits per heavy atom. The van der Waals surface area contributed by atoms with Crippen LogP contribution in [-0.4, -0.2) is 31.7 Å². The molecule has 1 saturated heterocycles. The van der Waals surface area contributed by atoms with Gasteiger partial charge in [-0.1, -0.05) is 12.5 Å². The molecule has 0 spiro atoms. The number of aromatic nitrogens is 2. The van der Waals surface area contributed by atoms with E-state index >= 15 is 0 Å². The predicted molar refractivity (Wildman–Crippen MR) is 79.4 cm³/mol. The summed E-state index contributed by atoms with van der Waals surface area (Å²) < 4.78 is 1.88. The van der Waals surface area contributed by atoms with E-state index in [4.69, 9.17) is 0 Å². The molecule has 0 saturated carbocycles. The van der Waals surface area contributed by atoms with Gasteiger partial charge in [-0.25, -0.2) is 4.52 Å². The highest BCUT2D eigenvalue weighted by molar-refractivity contribution is 5.60. The van der Waals surface area contributed by atoms with Crippen molar-refractivity contribution < 1.29 is 5.11 Å². The maximum atomic E-state index is 9.49. The van der Waals surface area contributed by atoms with Gasteiger partial charge in [-0.05, 0) is 38.3 Å². The minimum atomic E-state index is 0.0472. The quantitative estimate of drug-likeness (QED) is 0.934. The molecule has 2 atom stereocenters. The first-order valence-corrected chi connectivity index (χ1v) is 7.51. The smallest absolute Gasteiger partial charge is 0.0761 e. The lowest BCUT2D eigenvalue weighted by atomic mass is 9.96. The molecule has 0 bridgehead atoms. The molecule has 2 aromatic heterocycles. The summed E-state index contributed by atoms with van der Waals surface area (Å²) in [6.07, 6.45) is 7.60. The van der Waals surface area contributed by atoms with Gasteiger partial charge in [-0.3, -0.25) is 4.90 Å². The molecule has 0 aliphatic carbocycles. The number of pyridine rings is 1. The zero-order valence-electron chi connectivity index (χ0n) is 12.3. The second-order valence-electron chi connectivity index (χ2n) is 5.96. The van der Waals surface area contributed by atoms with E-state index in [9.17, 15) is 5.11 Å². The third kappa shape index (κ3) is 2.34. The minimum Gasteiger partial charge on any atom is -0.392 e. The van der Waals surface area contributed by atoms with Gasteiger partial charge in [-0.15, -0.1) is 0 Å². The van der Waals surface area contributed by atoms with Crippen LogP contribution < -0.4 is 0 Å². The highest BCUT2D eigenvalue weighted by atomic mass is 16.3. The fraction of sp³-hybridized carbons (Fsp3) is 0.562. The van der Waals surface area contributed by atoms with Crippen LogP contribution in [0.5, 0.6) is 0 Å². The second-order valence-corrected chi connectivity index (χ2v) is 5.96. The summed E-state index contributed by atoms with van der Waals surface area (Å²) in [4.78, 5) is 2.58. The molecule has 1 fully saturated rings. The van der Waals surface area contributed by atoms with Crippen LogP contribution in [-0.2, 0) is 13.2 Å². The lowest BCUT2D eigenvalue weighted by Gasteiger charge is -2.39. The number of hydrogen-bond donors (Lipinski definition) is 1. The molecule has 2 aromatic rings. The molecule has 0 amide bonds. The zero-order valence-corrected chi connectivity index (χ0v) is 12.3. The van der Waals surface area contributed by atoms with Gasteiger partial charge in [-0.2, -0.15) is 5.10 Å². The third-order valence-corrected chi connectivity index (χ3v) is 4.60. The summed E-state index contributed by atoms with van der Waals surface area (Å²) in [5.41, 5.74) is 3.24. The molecular weight excluding hydrogens is 250 g/mol. The monoisotopic (exact) mass is 273 g/mol. The molecule has 108 valence electrons. The van der Waals surface area contributed by atoms with Crippen molar-refractivity contribution in [3.05, 3.63) is 35.7 Å². The summed E-state index contributed by atoms with van der Waals surface area (Å²) in [6, 6.07) is 5.44. The molecule has 4 nitrogen and oxygen atoms in total. The van der Waals surface area contributed by atoms with Crippen LogP contribution in [0.1, 0.15) is 44.2 Å². The van der Waals surface area contributed by atoms with Crippen molar-refractivity contribution in [2.24, 2.45) is 0 Å². The Bertz CT molecular complexity index is 582. The Morgan fingerprint density at radius 3 is 2.70 bits per heavy atom. The SMILES string of the molecule is CC1CCCC(C)N1Cc1cccn2ncc(CO)c12. The van der Waals surface area contributed by atoms with Crippen LogP contribution in [0.3, 0.4) is 0 Å². The van der Waals surface area contributed by atoms with Crippen molar-refractivity contribution in [1.29, 1.82) is 0 Å². The number of piperidine rings is 1. The van der Waals surface area contributed by atoms with Crippen LogP contribution in [0.2, 0.25) is 0 Å². The number of fused-ring (bicyclic) bond motifs is 1. The van der Waals surface area contributed by atoms with Crippen LogP contribution in [0, 0.1) is 0 Å². The van der Waals surface area contributed by atoms with Crippen molar-refractivity contribution in [1.82, 2.24) is 14.5 Å². The zero-order chi connectivity index (χ0) is 14.1. The fourth-order valence-corrected chi connectivity index (χ4v) is 3.41. The molecule has 0 radical (unpaired) electrons. The number of likely N-dealkylation sites (tertiary alicyclic amines) is 1. The standard InChI is InChI=1S/C16H23N3O/c1-12-5-3-6-13(2)18(12)10-14-7-4-8-19-16(14)15(11-20)9-17-19/h4,7-9,12-13,20H,3,5-6,10-11H2,1-2H3. The van der Waals surface area contributed by atoms with E-state index in [1.807, 2.05) is 16.8 Å². The first kappa shape index (κ1) is 13.6. The Morgan fingerprint density at radius 2 is 2.00 bits per heavy atom. The Balaban J connectivity index is 1.95. The van der Waals surface area contributed by atoms with Crippen molar-refractivity contribution in [3.63, 3.8) is 0 Å². The largest absolute Gasteiger partial charge is 0.392 e. The van der Waals surface area contributed by atoms with E-state index in [2.05, 4.69) is 29.9 Å². The van der Waals surface area contributed by atoms with E-state index < -0.39 is 0 Å². The Hall–Kier alpha value is -1.39. The number of hydrogen-bond acceptors (Lipinski definition) is 3. The van der Waals surface area contributed by atoms with Gasteiger partial charge in [0, 0.05) is 30.4 Å². The van der Waals surface area contributed by atoms with E-state index in [-0.39, 0.29) is 6.61 Å². The Labute approximate surface area is 120 Å². The molecule has 3 heterocycles. The van der Waals surface area contributed by atoms with Crippen LogP contribution in [0.4, 0.5) is 0 Å². The number of nitrogens with zero attached hydrogens (tertiary/aromatic N) is 3. The molecule has 4 heteroatoms.